The van der Waals surface area contributed by atoms with E-state index >= 15 is 0 Å². The second kappa shape index (κ2) is 21.3. The Hall–Kier alpha value is 0.807. The van der Waals surface area contributed by atoms with Crippen molar-refractivity contribution in [1.82, 2.24) is 0 Å². The molecular weight excluding hydrogens is 198 g/mol. The molecular formula is CH3CeNO2-2. The maximum absolute atomic E-state index is 8.24. The average Bonchev–Trinajstić information content (AvgIpc) is 0.918. The number of hydrogen-bond acceptors (Lipinski definition) is 1. The van der Waals surface area contributed by atoms with Crippen molar-refractivity contribution in [1.29, 1.82) is 0 Å². The van der Waals surface area contributed by atoms with Crippen LogP contribution >= 0.6 is 0 Å². The summed E-state index contributed by atoms with van der Waals surface area (Å²) >= 11 is 0. The Morgan fingerprint density at radius 3 is 1.60 bits per heavy atom. The molecule has 0 bridgehead atoms. The fourth-order valence-corrected chi connectivity index (χ4v) is 0. The number of aliphatic hydroxyl groups excluding tert-OH is 1. The van der Waals surface area contributed by atoms with Crippen molar-refractivity contribution in [2.24, 2.45) is 0 Å². The van der Waals surface area contributed by atoms with Gasteiger partial charge in [-0.3, -0.25) is 0 Å². The minimum Gasteiger partial charge on any atom is -0.693 e. The summed E-state index contributed by atoms with van der Waals surface area (Å²) in [6.07, 6.45) is 0. The van der Waals surface area contributed by atoms with Gasteiger partial charge in [-0.15, -0.1) is 0 Å². The predicted octanol–water partition coefficient (Wildman–Crippen LogP) is 0.329. The molecule has 0 atom stereocenters. The van der Waals surface area contributed by atoms with Gasteiger partial charge in [0.1, 0.15) is 0 Å². The summed E-state index contributed by atoms with van der Waals surface area (Å²) in [5, 5.41) is 6.76. The summed E-state index contributed by atoms with van der Waals surface area (Å²) in [7, 11) is 0. The van der Waals surface area contributed by atoms with Crippen LogP contribution < -0.4 is 0 Å². The zero-order valence-corrected chi connectivity index (χ0v) is 5.57. The molecule has 0 spiro atoms. The van der Waals surface area contributed by atoms with E-state index in [0.29, 0.717) is 6.47 Å². The predicted molar refractivity (Wildman–Crippen MR) is 13.6 cm³/mol. The van der Waals surface area contributed by atoms with Gasteiger partial charge in [0, 0.05) is 41.7 Å². The molecule has 0 aliphatic rings. The Kier molecular flexibility index (Phi) is 72.7. The zero-order chi connectivity index (χ0) is 2.71. The normalized spacial score (nSPS) is 2.40. The van der Waals surface area contributed by atoms with Crippen LogP contribution in [0.15, 0.2) is 0 Å². The quantitative estimate of drug-likeness (QED) is 0.573. The Morgan fingerprint density at radius 1 is 1.60 bits per heavy atom. The van der Waals surface area contributed by atoms with Crippen molar-refractivity contribution in [3.63, 3.8) is 0 Å². The van der Waals surface area contributed by atoms with Crippen LogP contribution in [0.5, 0.6) is 0 Å². The van der Waals surface area contributed by atoms with Crippen molar-refractivity contribution in [3.8, 4) is 0 Å². The minimum absolute atomic E-state index is 0. The fraction of sp³-hybridized carbons (Fsp3) is 0. The molecule has 4 heteroatoms. The third-order valence-electron chi connectivity index (χ3n) is 0. The van der Waals surface area contributed by atoms with Gasteiger partial charge >= 0.3 is 0 Å². The van der Waals surface area contributed by atoms with Gasteiger partial charge in [-0.2, -0.15) is 0 Å². The second-order valence-electron chi connectivity index (χ2n) is 0.0913. The molecule has 0 aliphatic heterocycles. The van der Waals surface area contributed by atoms with Crippen LogP contribution in [0, 0.1) is 41.7 Å². The molecule has 0 radical (unpaired) electrons. The van der Waals surface area contributed by atoms with E-state index in [1.165, 1.54) is 0 Å². The molecule has 0 aliphatic carbocycles. The molecule has 0 aromatic rings. The van der Waals surface area contributed by atoms with Gasteiger partial charge in [0.2, 0.25) is 0 Å². The Balaban J connectivity index is -0.0000000200. The monoisotopic (exact) mass is 201 g/mol. The average molecular weight is 201 g/mol. The molecule has 0 saturated heterocycles. The van der Waals surface area contributed by atoms with Gasteiger partial charge in [-0.1, -0.05) is 6.47 Å². The number of nitrogens with two attached hydrogens (primary N) is 1. The molecule has 0 rings (SSSR count). The number of hydrogen-bond donors (Lipinski definition) is 1. The molecule has 3 nitrogen and oxygen atoms in total. The van der Waals surface area contributed by atoms with Crippen LogP contribution in [-0.2, 0) is 4.79 Å². The zero-order valence-electron chi connectivity index (χ0n) is 2.43. The van der Waals surface area contributed by atoms with Gasteiger partial charge in [-0.25, -0.2) is 0 Å². The maximum atomic E-state index is 8.24. The first-order valence-electron chi connectivity index (χ1n) is 0.428. The summed E-state index contributed by atoms with van der Waals surface area (Å²) in [4.78, 5) is 8.24. The van der Waals surface area contributed by atoms with E-state index in [-0.39, 0.29) is 47.9 Å². The second-order valence-corrected chi connectivity index (χ2v) is 0.0913. The first kappa shape index (κ1) is 17.0. The first-order valence-corrected chi connectivity index (χ1v) is 0.428. The third-order valence-corrected chi connectivity index (χ3v) is 0. The SMILES string of the molecule is O=[C-]O.[Ce].[NH2-]. The molecule has 0 aromatic heterocycles. The smallest absolute Gasteiger partial charge is 0 e. The molecule has 5 heavy (non-hydrogen) atoms. The largest absolute Gasteiger partial charge is 0.693 e. The molecule has 0 aromatic carbocycles. The summed E-state index contributed by atoms with van der Waals surface area (Å²) in [6.45, 7) is 0.500. The van der Waals surface area contributed by atoms with Gasteiger partial charge in [0.15, 0.2) is 0 Å². The van der Waals surface area contributed by atoms with Crippen molar-refractivity contribution in [2.75, 3.05) is 0 Å². The topological polar surface area (TPSA) is 70.8 Å². The first-order chi connectivity index (χ1) is 1.41. The van der Waals surface area contributed by atoms with Crippen molar-refractivity contribution in [3.05, 3.63) is 6.15 Å². The van der Waals surface area contributed by atoms with Crippen molar-refractivity contribution >= 4 is 6.47 Å². The summed E-state index contributed by atoms with van der Waals surface area (Å²) in [6, 6.07) is 0. The van der Waals surface area contributed by atoms with Gasteiger partial charge in [0.25, 0.3) is 0 Å². The molecule has 0 heterocycles. The summed E-state index contributed by atoms with van der Waals surface area (Å²) in [5.41, 5.74) is 0. The van der Waals surface area contributed by atoms with Crippen molar-refractivity contribution in [2.45, 2.75) is 0 Å². The Bertz CT molecular complexity index is 17.1. The Morgan fingerprint density at radius 2 is 1.60 bits per heavy atom. The van der Waals surface area contributed by atoms with Crippen molar-refractivity contribution < 1.29 is 51.6 Å². The number of rotatable bonds is 0. The van der Waals surface area contributed by atoms with Gasteiger partial charge in [0.05, 0.1) is 0 Å². The third kappa shape index (κ3) is 58.2. The van der Waals surface area contributed by atoms with Gasteiger partial charge in [-0.05, 0) is 0 Å². The molecule has 0 unspecified atom stereocenters. The molecule has 0 amide bonds. The van der Waals surface area contributed by atoms with E-state index in [1.54, 1.807) is 0 Å². The van der Waals surface area contributed by atoms with E-state index in [9.17, 15) is 0 Å². The van der Waals surface area contributed by atoms with Crippen LogP contribution in [0.2, 0.25) is 0 Å². The molecule has 30 valence electrons. The fourth-order valence-electron chi connectivity index (χ4n) is 0. The molecule has 0 saturated carbocycles. The molecule has 3 N–H and O–H groups in total. The van der Waals surface area contributed by atoms with Crippen LogP contribution in [0.1, 0.15) is 0 Å². The maximum Gasteiger partial charge on any atom is 0 e. The van der Waals surface area contributed by atoms with E-state index in [1.807, 2.05) is 0 Å². The van der Waals surface area contributed by atoms with Crippen LogP contribution in [0.3, 0.4) is 0 Å². The van der Waals surface area contributed by atoms with E-state index in [2.05, 4.69) is 0 Å². The van der Waals surface area contributed by atoms with Crippen LogP contribution in [0.25, 0.3) is 6.15 Å². The van der Waals surface area contributed by atoms with Crippen LogP contribution in [-0.4, -0.2) is 11.6 Å². The summed E-state index contributed by atoms with van der Waals surface area (Å²) < 4.78 is 0. The Labute approximate surface area is 63.7 Å². The van der Waals surface area contributed by atoms with E-state index in [0.717, 1.165) is 0 Å². The standard InChI is InChI=1S/CHO2.Ce.H2N/c2-1-3;;/h(H,2,3);;1H2/q-1;;-1. The molecule has 0 fully saturated rings. The van der Waals surface area contributed by atoms with E-state index in [4.69, 9.17) is 9.90 Å². The summed E-state index contributed by atoms with van der Waals surface area (Å²) in [5.74, 6) is 0. The van der Waals surface area contributed by atoms with E-state index < -0.39 is 0 Å². The van der Waals surface area contributed by atoms with Gasteiger partial charge < -0.3 is 16.1 Å². The van der Waals surface area contributed by atoms with Crippen LogP contribution in [0.4, 0.5) is 0 Å². The minimum atomic E-state index is 0.